The summed E-state index contributed by atoms with van der Waals surface area (Å²) in [5, 5.41) is -0.153. The monoisotopic (exact) mass is 408 g/mol. The van der Waals surface area contributed by atoms with Crippen LogP contribution in [0.3, 0.4) is 0 Å². The van der Waals surface area contributed by atoms with E-state index in [0.717, 1.165) is 24.4 Å². The highest BCUT2D eigenvalue weighted by atomic mass is 79.9. The van der Waals surface area contributed by atoms with E-state index in [1.807, 2.05) is 18.2 Å². The molecule has 5 heteroatoms. The molecule has 1 aromatic heterocycles. The molecule has 0 aliphatic rings. The molecular formula is C13H11Br2ClOS. The Labute approximate surface area is 132 Å². The average molecular weight is 411 g/mol. The van der Waals surface area contributed by atoms with Crippen LogP contribution in [0.25, 0.3) is 0 Å². The van der Waals surface area contributed by atoms with Crippen LogP contribution in [0.5, 0.6) is 5.75 Å². The van der Waals surface area contributed by atoms with Gasteiger partial charge in [0.1, 0.15) is 5.75 Å². The Kier molecular flexibility index (Phi) is 4.75. The van der Waals surface area contributed by atoms with Gasteiger partial charge in [0.05, 0.1) is 16.3 Å². The normalized spacial score (nSPS) is 12.5. The first-order valence-corrected chi connectivity index (χ1v) is 8.10. The quantitative estimate of drug-likeness (QED) is 0.571. The summed E-state index contributed by atoms with van der Waals surface area (Å²) in [4.78, 5) is 1.13. The van der Waals surface area contributed by atoms with Crippen molar-refractivity contribution in [2.45, 2.75) is 12.3 Å². The van der Waals surface area contributed by atoms with Crippen molar-refractivity contribution in [3.05, 3.63) is 48.5 Å². The van der Waals surface area contributed by atoms with Crippen molar-refractivity contribution in [1.29, 1.82) is 0 Å². The van der Waals surface area contributed by atoms with E-state index >= 15 is 0 Å². The lowest BCUT2D eigenvalue weighted by molar-refractivity contribution is 0.414. The van der Waals surface area contributed by atoms with Gasteiger partial charge in [0.15, 0.2) is 0 Å². The molecule has 0 saturated carbocycles. The van der Waals surface area contributed by atoms with Crippen LogP contribution in [-0.2, 0) is 0 Å². The molecule has 2 rings (SSSR count). The molecule has 0 radical (unpaired) electrons. The summed E-state index contributed by atoms with van der Waals surface area (Å²) in [6, 6.07) is 7.96. The first kappa shape index (κ1) is 14.4. The molecule has 1 atom stereocenters. The molecule has 0 aliphatic carbocycles. The van der Waals surface area contributed by atoms with Crippen molar-refractivity contribution in [1.82, 2.24) is 0 Å². The van der Waals surface area contributed by atoms with Gasteiger partial charge in [-0.15, -0.1) is 22.9 Å². The molecule has 0 spiro atoms. The molecule has 0 fully saturated rings. The number of thiophene rings is 1. The molecule has 1 nitrogen and oxygen atoms in total. The number of rotatable bonds is 3. The van der Waals surface area contributed by atoms with E-state index in [0.29, 0.717) is 0 Å². The van der Waals surface area contributed by atoms with Gasteiger partial charge < -0.3 is 4.74 Å². The Morgan fingerprint density at radius 3 is 2.50 bits per heavy atom. The number of aryl methyl sites for hydroxylation is 1. The van der Waals surface area contributed by atoms with Crippen molar-refractivity contribution in [3.63, 3.8) is 0 Å². The van der Waals surface area contributed by atoms with Gasteiger partial charge in [0.25, 0.3) is 0 Å². The van der Waals surface area contributed by atoms with Crippen LogP contribution in [0.15, 0.2) is 32.5 Å². The maximum atomic E-state index is 6.54. The zero-order valence-electron chi connectivity index (χ0n) is 9.84. The van der Waals surface area contributed by atoms with Gasteiger partial charge in [-0.3, -0.25) is 0 Å². The van der Waals surface area contributed by atoms with Gasteiger partial charge in [0.2, 0.25) is 0 Å². The smallest absolute Gasteiger partial charge is 0.120 e. The molecule has 0 saturated heterocycles. The number of hydrogen-bond acceptors (Lipinski definition) is 2. The van der Waals surface area contributed by atoms with Gasteiger partial charge in [-0.25, -0.2) is 0 Å². The largest absolute Gasteiger partial charge is 0.497 e. The molecule has 0 bridgehead atoms. The van der Waals surface area contributed by atoms with Crippen LogP contribution in [-0.4, -0.2) is 7.11 Å². The van der Waals surface area contributed by atoms with Crippen molar-refractivity contribution in [2.75, 3.05) is 7.11 Å². The lowest BCUT2D eigenvalue weighted by atomic mass is 10.1. The molecule has 1 aromatic carbocycles. The molecule has 96 valence electrons. The number of ether oxygens (including phenoxy) is 1. The predicted octanol–water partition coefficient (Wildman–Crippen LogP) is 5.92. The minimum Gasteiger partial charge on any atom is -0.497 e. The van der Waals surface area contributed by atoms with Crippen LogP contribution in [0.4, 0.5) is 0 Å². The molecule has 0 N–H and O–H groups in total. The summed E-state index contributed by atoms with van der Waals surface area (Å²) in [5.41, 5.74) is 2.26. The van der Waals surface area contributed by atoms with Crippen LogP contribution >= 0.6 is 54.8 Å². The third kappa shape index (κ3) is 2.93. The van der Waals surface area contributed by atoms with Crippen LogP contribution in [0.1, 0.15) is 21.4 Å². The predicted molar refractivity (Wildman–Crippen MR) is 85.1 cm³/mol. The molecule has 18 heavy (non-hydrogen) atoms. The van der Waals surface area contributed by atoms with Crippen LogP contribution in [0, 0.1) is 6.92 Å². The van der Waals surface area contributed by atoms with Crippen LogP contribution in [0.2, 0.25) is 0 Å². The molecule has 1 heterocycles. The second kappa shape index (κ2) is 5.95. The minimum absolute atomic E-state index is 0.153. The van der Waals surface area contributed by atoms with E-state index in [4.69, 9.17) is 16.3 Å². The van der Waals surface area contributed by atoms with Crippen molar-refractivity contribution >= 4 is 54.8 Å². The number of halogens is 3. The fourth-order valence-corrected chi connectivity index (χ4v) is 4.28. The fourth-order valence-electron chi connectivity index (χ4n) is 1.60. The Balaban J connectivity index is 2.36. The Bertz CT molecular complexity index is 549. The number of alkyl halides is 1. The van der Waals surface area contributed by atoms with Crippen LogP contribution < -0.4 is 4.74 Å². The number of methoxy groups -OCH3 is 1. The molecule has 1 unspecified atom stereocenters. The molecular weight excluding hydrogens is 399 g/mol. The topological polar surface area (TPSA) is 9.23 Å². The Morgan fingerprint density at radius 1 is 1.28 bits per heavy atom. The molecule has 0 amide bonds. The van der Waals surface area contributed by atoms with Gasteiger partial charge in [-0.05, 0) is 52.2 Å². The van der Waals surface area contributed by atoms with Crippen molar-refractivity contribution < 1.29 is 4.74 Å². The SMILES string of the molecule is COc1ccc(C(Cl)c2cc(C)c(Br)s2)c(Br)c1. The van der Waals surface area contributed by atoms with E-state index in [1.54, 1.807) is 18.4 Å². The third-order valence-electron chi connectivity index (χ3n) is 2.61. The summed E-state index contributed by atoms with van der Waals surface area (Å²) in [6.07, 6.45) is 0. The number of hydrogen-bond donors (Lipinski definition) is 0. The Morgan fingerprint density at radius 2 is 2.00 bits per heavy atom. The van der Waals surface area contributed by atoms with E-state index in [9.17, 15) is 0 Å². The highest BCUT2D eigenvalue weighted by molar-refractivity contribution is 9.11. The van der Waals surface area contributed by atoms with E-state index in [2.05, 4.69) is 44.8 Å². The molecule has 0 aliphatic heterocycles. The minimum atomic E-state index is -0.153. The fraction of sp³-hybridized carbons (Fsp3) is 0.231. The summed E-state index contributed by atoms with van der Waals surface area (Å²) in [6.45, 7) is 2.07. The van der Waals surface area contributed by atoms with Crippen molar-refractivity contribution in [2.24, 2.45) is 0 Å². The summed E-state index contributed by atoms with van der Waals surface area (Å²) in [5.74, 6) is 0.818. The maximum absolute atomic E-state index is 6.54. The first-order chi connectivity index (χ1) is 8.52. The highest BCUT2D eigenvalue weighted by Crippen LogP contribution is 2.40. The van der Waals surface area contributed by atoms with Gasteiger partial charge in [-0.2, -0.15) is 0 Å². The van der Waals surface area contributed by atoms with E-state index in [1.165, 1.54) is 5.56 Å². The Hall–Kier alpha value is -0.0300. The number of benzene rings is 1. The lowest BCUT2D eigenvalue weighted by Gasteiger charge is -2.11. The van der Waals surface area contributed by atoms with E-state index in [-0.39, 0.29) is 5.38 Å². The summed E-state index contributed by atoms with van der Waals surface area (Å²) >= 11 is 15.3. The summed E-state index contributed by atoms with van der Waals surface area (Å²) in [7, 11) is 1.65. The first-order valence-electron chi connectivity index (χ1n) is 5.26. The highest BCUT2D eigenvalue weighted by Gasteiger charge is 2.17. The molecule has 2 aromatic rings. The second-order valence-corrected chi connectivity index (χ2v) is 7.55. The standard InChI is InChI=1S/C13H11Br2ClOS/c1-7-5-11(18-13(7)15)12(16)9-4-3-8(17-2)6-10(9)14/h3-6,12H,1-2H3. The van der Waals surface area contributed by atoms with Gasteiger partial charge in [0, 0.05) is 9.35 Å². The average Bonchev–Trinajstić information content (AvgIpc) is 2.68. The van der Waals surface area contributed by atoms with E-state index < -0.39 is 0 Å². The van der Waals surface area contributed by atoms with Crippen molar-refractivity contribution in [3.8, 4) is 5.75 Å². The zero-order valence-corrected chi connectivity index (χ0v) is 14.6. The maximum Gasteiger partial charge on any atom is 0.120 e. The third-order valence-corrected chi connectivity index (χ3v) is 6.09. The second-order valence-electron chi connectivity index (χ2n) is 3.86. The summed E-state index contributed by atoms with van der Waals surface area (Å²) < 4.78 is 7.27. The van der Waals surface area contributed by atoms with Gasteiger partial charge >= 0.3 is 0 Å². The van der Waals surface area contributed by atoms with Gasteiger partial charge in [-0.1, -0.05) is 22.0 Å². The lowest BCUT2D eigenvalue weighted by Crippen LogP contribution is -1.93. The zero-order chi connectivity index (χ0) is 13.3.